The van der Waals surface area contributed by atoms with Gasteiger partial charge in [0.2, 0.25) is 0 Å². The number of para-hydroxylation sites is 1. The first-order valence-electron chi connectivity index (χ1n) is 8.57. The third-order valence-corrected chi connectivity index (χ3v) is 5.04. The summed E-state index contributed by atoms with van der Waals surface area (Å²) < 4.78 is 6.17. The summed E-state index contributed by atoms with van der Waals surface area (Å²) in [6.07, 6.45) is 4.87. The number of anilines is 1. The van der Waals surface area contributed by atoms with Crippen LogP contribution in [0.4, 0.5) is 5.69 Å². The average Bonchev–Trinajstić information content (AvgIpc) is 2.67. The van der Waals surface area contributed by atoms with Crippen molar-refractivity contribution in [3.05, 3.63) is 65.2 Å². The van der Waals surface area contributed by atoms with Gasteiger partial charge in [-0.2, -0.15) is 0 Å². The molecule has 25 heavy (non-hydrogen) atoms. The second-order valence-electron chi connectivity index (χ2n) is 6.09. The van der Waals surface area contributed by atoms with Crippen molar-refractivity contribution in [1.82, 2.24) is 0 Å². The Morgan fingerprint density at radius 3 is 2.68 bits per heavy atom. The molecule has 1 heterocycles. The minimum absolute atomic E-state index is 0.00433. The molecule has 0 spiro atoms. The number of nitrogens with zero attached hydrogens (tertiary/aromatic N) is 1. The molecule has 0 aliphatic carbocycles. The smallest absolute Gasteiger partial charge is 0.258 e. The summed E-state index contributed by atoms with van der Waals surface area (Å²) in [6, 6.07) is 13.7. The lowest BCUT2D eigenvalue weighted by Gasteiger charge is -2.35. The maximum atomic E-state index is 13.1. The number of amides is 1. The Balaban J connectivity index is 2.01. The van der Waals surface area contributed by atoms with E-state index in [1.54, 1.807) is 0 Å². The summed E-state index contributed by atoms with van der Waals surface area (Å²) in [6.45, 7) is 4.64. The molecule has 0 saturated carbocycles. The molecule has 3 nitrogen and oxygen atoms in total. The summed E-state index contributed by atoms with van der Waals surface area (Å²) in [5.41, 5.74) is 3.70. The number of hydrogen-bond donors (Lipinski definition) is 0. The number of benzene rings is 2. The molecule has 1 amide bonds. The second-order valence-corrected chi connectivity index (χ2v) is 6.65. The maximum absolute atomic E-state index is 13.1. The third-order valence-electron chi connectivity index (χ3n) is 4.39. The van der Waals surface area contributed by atoms with Gasteiger partial charge in [-0.3, -0.25) is 4.79 Å². The first-order valence-corrected chi connectivity index (χ1v) is 9.69. The number of carbonyl (C=O) groups excluding carboxylic acids is 1. The SMILES string of the molecule is C/C=C/c1cccc2c1OC(CC)CN2C(=O)c1ccc(CBr)cc1. The van der Waals surface area contributed by atoms with Crippen LogP contribution in [0.3, 0.4) is 0 Å². The van der Waals surface area contributed by atoms with E-state index >= 15 is 0 Å². The van der Waals surface area contributed by atoms with E-state index in [9.17, 15) is 4.79 Å². The van der Waals surface area contributed by atoms with Crippen LogP contribution < -0.4 is 9.64 Å². The van der Waals surface area contributed by atoms with E-state index in [0.717, 1.165) is 34.3 Å². The second kappa shape index (κ2) is 7.87. The maximum Gasteiger partial charge on any atom is 0.258 e. The lowest BCUT2D eigenvalue weighted by Crippen LogP contribution is -2.43. The molecular weight excluding hydrogens is 378 g/mol. The zero-order chi connectivity index (χ0) is 17.8. The highest BCUT2D eigenvalue weighted by Gasteiger charge is 2.30. The van der Waals surface area contributed by atoms with Crippen molar-refractivity contribution < 1.29 is 9.53 Å². The molecule has 0 aromatic heterocycles. The highest BCUT2D eigenvalue weighted by molar-refractivity contribution is 9.08. The fourth-order valence-corrected chi connectivity index (χ4v) is 3.37. The first kappa shape index (κ1) is 17.7. The number of fused-ring (bicyclic) bond motifs is 1. The molecule has 1 aliphatic heterocycles. The van der Waals surface area contributed by atoms with Gasteiger partial charge in [0.1, 0.15) is 6.10 Å². The number of rotatable bonds is 4. The van der Waals surface area contributed by atoms with Gasteiger partial charge >= 0.3 is 0 Å². The standard InChI is InChI=1S/C21H22BrNO2/c1-3-6-16-7-5-8-19-20(16)25-18(4-2)14-23(19)21(24)17-11-9-15(13-22)10-12-17/h3,5-12,18H,4,13-14H2,1-2H3/b6-3+. The van der Waals surface area contributed by atoms with Gasteiger partial charge in [0.25, 0.3) is 5.91 Å². The number of hydrogen-bond acceptors (Lipinski definition) is 2. The molecule has 4 heteroatoms. The molecule has 0 radical (unpaired) electrons. The Labute approximate surface area is 157 Å². The van der Waals surface area contributed by atoms with E-state index in [1.807, 2.05) is 66.4 Å². The Bertz CT molecular complexity index is 783. The van der Waals surface area contributed by atoms with E-state index in [1.165, 1.54) is 0 Å². The van der Waals surface area contributed by atoms with Crippen LogP contribution in [0.2, 0.25) is 0 Å². The minimum atomic E-state index is 0.00433. The van der Waals surface area contributed by atoms with Crippen LogP contribution >= 0.6 is 15.9 Å². The van der Waals surface area contributed by atoms with E-state index in [0.29, 0.717) is 12.1 Å². The molecule has 1 atom stereocenters. The van der Waals surface area contributed by atoms with Gasteiger partial charge in [-0.15, -0.1) is 0 Å². The van der Waals surface area contributed by atoms with Crippen LogP contribution in [0, 0.1) is 0 Å². The fourth-order valence-electron chi connectivity index (χ4n) is 3.00. The lowest BCUT2D eigenvalue weighted by atomic mass is 10.1. The Kier molecular flexibility index (Phi) is 5.59. The van der Waals surface area contributed by atoms with Crippen LogP contribution in [0.15, 0.2) is 48.5 Å². The van der Waals surface area contributed by atoms with E-state index < -0.39 is 0 Å². The number of carbonyl (C=O) groups is 1. The number of allylic oxidation sites excluding steroid dienone is 1. The zero-order valence-corrected chi connectivity index (χ0v) is 16.1. The predicted octanol–water partition coefficient (Wildman–Crippen LogP) is 5.43. The quantitative estimate of drug-likeness (QED) is 0.641. The summed E-state index contributed by atoms with van der Waals surface area (Å²) in [7, 11) is 0. The fraction of sp³-hybridized carbons (Fsp3) is 0.286. The molecule has 0 saturated heterocycles. The van der Waals surface area contributed by atoms with Crippen molar-refractivity contribution >= 4 is 33.6 Å². The van der Waals surface area contributed by atoms with Crippen LogP contribution in [-0.2, 0) is 5.33 Å². The monoisotopic (exact) mass is 399 g/mol. The predicted molar refractivity (Wildman–Crippen MR) is 107 cm³/mol. The molecule has 0 N–H and O–H groups in total. The van der Waals surface area contributed by atoms with Crippen molar-refractivity contribution in [3.8, 4) is 5.75 Å². The molecule has 0 bridgehead atoms. The van der Waals surface area contributed by atoms with Crippen LogP contribution in [-0.4, -0.2) is 18.6 Å². The zero-order valence-electron chi connectivity index (χ0n) is 14.5. The third kappa shape index (κ3) is 3.64. The van der Waals surface area contributed by atoms with Crippen molar-refractivity contribution in [1.29, 1.82) is 0 Å². The number of halogens is 1. The van der Waals surface area contributed by atoms with Crippen molar-refractivity contribution in [3.63, 3.8) is 0 Å². The summed E-state index contributed by atoms with van der Waals surface area (Å²) in [5.74, 6) is 0.811. The van der Waals surface area contributed by atoms with Crippen molar-refractivity contribution in [2.75, 3.05) is 11.4 Å². The van der Waals surface area contributed by atoms with E-state index in [-0.39, 0.29) is 12.0 Å². The summed E-state index contributed by atoms with van der Waals surface area (Å²) in [4.78, 5) is 15.0. The molecule has 130 valence electrons. The number of ether oxygens (including phenoxy) is 1. The van der Waals surface area contributed by atoms with Crippen molar-refractivity contribution in [2.24, 2.45) is 0 Å². The van der Waals surface area contributed by atoms with Gasteiger partial charge in [0.15, 0.2) is 5.75 Å². The average molecular weight is 400 g/mol. The first-order chi connectivity index (χ1) is 12.2. The van der Waals surface area contributed by atoms with Gasteiger partial charge < -0.3 is 9.64 Å². The Morgan fingerprint density at radius 1 is 1.28 bits per heavy atom. The normalized spacial score (nSPS) is 16.6. The van der Waals surface area contributed by atoms with E-state index in [2.05, 4.69) is 22.9 Å². The van der Waals surface area contributed by atoms with Gasteiger partial charge in [0, 0.05) is 16.5 Å². The van der Waals surface area contributed by atoms with Crippen LogP contribution in [0.25, 0.3) is 6.08 Å². The van der Waals surface area contributed by atoms with Gasteiger partial charge in [-0.05, 0) is 37.1 Å². The molecule has 0 fully saturated rings. The Hall–Kier alpha value is -2.07. The van der Waals surface area contributed by atoms with Crippen LogP contribution in [0.1, 0.15) is 41.8 Å². The highest BCUT2D eigenvalue weighted by atomic mass is 79.9. The minimum Gasteiger partial charge on any atom is -0.486 e. The summed E-state index contributed by atoms with van der Waals surface area (Å²) >= 11 is 3.44. The Morgan fingerprint density at radius 2 is 2.04 bits per heavy atom. The molecule has 2 aromatic rings. The molecule has 3 rings (SSSR count). The molecular formula is C21H22BrNO2. The summed E-state index contributed by atoms with van der Waals surface area (Å²) in [5, 5.41) is 0.784. The van der Waals surface area contributed by atoms with Crippen molar-refractivity contribution in [2.45, 2.75) is 31.7 Å². The van der Waals surface area contributed by atoms with E-state index in [4.69, 9.17) is 4.74 Å². The largest absolute Gasteiger partial charge is 0.486 e. The van der Waals surface area contributed by atoms with Gasteiger partial charge in [0.05, 0.1) is 12.2 Å². The molecule has 1 unspecified atom stereocenters. The van der Waals surface area contributed by atoms with Gasteiger partial charge in [-0.25, -0.2) is 0 Å². The highest BCUT2D eigenvalue weighted by Crippen LogP contribution is 2.38. The van der Waals surface area contributed by atoms with Crippen LogP contribution in [0.5, 0.6) is 5.75 Å². The number of alkyl halides is 1. The van der Waals surface area contributed by atoms with Gasteiger partial charge in [-0.1, -0.05) is 59.3 Å². The molecule has 2 aromatic carbocycles. The lowest BCUT2D eigenvalue weighted by molar-refractivity contribution is 0.0954. The molecule has 1 aliphatic rings. The topological polar surface area (TPSA) is 29.5 Å².